The van der Waals surface area contributed by atoms with Crippen molar-refractivity contribution in [3.8, 4) is 6.01 Å². The molecule has 1 aromatic rings. The fraction of sp³-hybridized carbons (Fsp3) is 0.667. The molecule has 112 valence electrons. The second-order valence-electron chi connectivity index (χ2n) is 4.68. The van der Waals surface area contributed by atoms with Crippen molar-refractivity contribution in [2.45, 2.75) is 39.7 Å². The van der Waals surface area contributed by atoms with E-state index < -0.39 is 5.91 Å². The van der Waals surface area contributed by atoms with Gasteiger partial charge in [-0.1, -0.05) is 13.3 Å². The quantitative estimate of drug-likeness (QED) is 0.705. The highest BCUT2D eigenvalue weighted by Gasteiger charge is 2.15. The molecule has 0 unspecified atom stereocenters. The van der Waals surface area contributed by atoms with E-state index in [1.54, 1.807) is 4.90 Å². The molecule has 0 aliphatic heterocycles. The van der Waals surface area contributed by atoms with E-state index in [1.165, 1.54) is 0 Å². The minimum absolute atomic E-state index is 0.0323. The number of nitrogens with zero attached hydrogens (tertiary/aromatic N) is 4. The molecule has 1 heterocycles. The molecule has 4 N–H and O–H groups in total. The summed E-state index contributed by atoms with van der Waals surface area (Å²) in [5.74, 6) is -0.0940. The highest BCUT2D eigenvalue weighted by atomic mass is 16.5. The van der Waals surface area contributed by atoms with Gasteiger partial charge in [0.1, 0.15) is 0 Å². The highest BCUT2D eigenvalue weighted by Crippen LogP contribution is 2.15. The summed E-state index contributed by atoms with van der Waals surface area (Å²) in [5, 5.41) is 0. The van der Waals surface area contributed by atoms with Gasteiger partial charge >= 0.3 is 6.01 Å². The van der Waals surface area contributed by atoms with Crippen LogP contribution in [0.15, 0.2) is 0 Å². The SMILES string of the molecule is CCCCN(CC(N)=O)c1nc(N)nc(OC(C)C)n1. The number of hydrogen-bond donors (Lipinski definition) is 2. The summed E-state index contributed by atoms with van der Waals surface area (Å²) in [4.78, 5) is 24.9. The van der Waals surface area contributed by atoms with Gasteiger partial charge in [-0.05, 0) is 20.3 Å². The average Bonchev–Trinajstić information content (AvgIpc) is 2.32. The van der Waals surface area contributed by atoms with Crippen LogP contribution >= 0.6 is 0 Å². The van der Waals surface area contributed by atoms with Gasteiger partial charge in [-0.25, -0.2) is 0 Å². The maximum Gasteiger partial charge on any atom is 0.323 e. The first-order chi connectivity index (χ1) is 9.42. The number of carbonyl (C=O) groups is 1. The molecule has 0 aliphatic rings. The van der Waals surface area contributed by atoms with Crippen molar-refractivity contribution < 1.29 is 9.53 Å². The van der Waals surface area contributed by atoms with E-state index in [1.807, 2.05) is 13.8 Å². The molecule has 8 heteroatoms. The van der Waals surface area contributed by atoms with Crippen LogP contribution in [0.4, 0.5) is 11.9 Å². The minimum Gasteiger partial charge on any atom is -0.461 e. The number of amides is 1. The molecule has 8 nitrogen and oxygen atoms in total. The van der Waals surface area contributed by atoms with Crippen LogP contribution in [-0.2, 0) is 4.79 Å². The third-order valence-corrected chi connectivity index (χ3v) is 2.37. The van der Waals surface area contributed by atoms with Gasteiger partial charge in [-0.2, -0.15) is 15.0 Å². The summed E-state index contributed by atoms with van der Waals surface area (Å²) in [6, 6.07) is 0.147. The summed E-state index contributed by atoms with van der Waals surface area (Å²) in [7, 11) is 0. The Labute approximate surface area is 118 Å². The normalized spacial score (nSPS) is 10.6. The molecule has 0 aromatic carbocycles. The highest BCUT2D eigenvalue weighted by molar-refractivity contribution is 5.78. The summed E-state index contributed by atoms with van der Waals surface area (Å²) < 4.78 is 5.41. The molecule has 0 saturated carbocycles. The van der Waals surface area contributed by atoms with Crippen molar-refractivity contribution in [1.82, 2.24) is 15.0 Å². The van der Waals surface area contributed by atoms with Gasteiger partial charge in [0.2, 0.25) is 17.8 Å². The molecule has 0 saturated heterocycles. The third-order valence-electron chi connectivity index (χ3n) is 2.37. The van der Waals surface area contributed by atoms with Crippen molar-refractivity contribution in [2.75, 3.05) is 23.7 Å². The summed E-state index contributed by atoms with van der Waals surface area (Å²) >= 11 is 0. The largest absolute Gasteiger partial charge is 0.461 e. The molecular weight excluding hydrogens is 260 g/mol. The molecule has 1 amide bonds. The van der Waals surface area contributed by atoms with Gasteiger partial charge < -0.3 is 21.1 Å². The van der Waals surface area contributed by atoms with Crippen LogP contribution < -0.4 is 21.1 Å². The van der Waals surface area contributed by atoms with Gasteiger partial charge in [0.25, 0.3) is 0 Å². The molecule has 0 atom stereocenters. The van der Waals surface area contributed by atoms with Crippen LogP contribution in [-0.4, -0.2) is 40.1 Å². The smallest absolute Gasteiger partial charge is 0.323 e. The Morgan fingerprint density at radius 1 is 1.35 bits per heavy atom. The molecule has 0 fully saturated rings. The maximum absolute atomic E-state index is 11.1. The van der Waals surface area contributed by atoms with Crippen molar-refractivity contribution in [1.29, 1.82) is 0 Å². The van der Waals surface area contributed by atoms with E-state index in [2.05, 4.69) is 21.9 Å². The van der Waals surface area contributed by atoms with Crippen LogP contribution in [0.2, 0.25) is 0 Å². The van der Waals surface area contributed by atoms with Crippen LogP contribution in [0.5, 0.6) is 6.01 Å². The lowest BCUT2D eigenvalue weighted by atomic mass is 10.3. The maximum atomic E-state index is 11.1. The van der Waals surface area contributed by atoms with Crippen molar-refractivity contribution in [2.24, 2.45) is 5.73 Å². The predicted molar refractivity (Wildman–Crippen MR) is 76.3 cm³/mol. The number of rotatable bonds is 8. The minimum atomic E-state index is -0.452. The Balaban J connectivity index is 2.98. The molecule has 0 bridgehead atoms. The van der Waals surface area contributed by atoms with Gasteiger partial charge in [-0.3, -0.25) is 4.79 Å². The number of aromatic nitrogens is 3. The van der Waals surface area contributed by atoms with Gasteiger partial charge in [0.15, 0.2) is 0 Å². The van der Waals surface area contributed by atoms with Crippen molar-refractivity contribution in [3.05, 3.63) is 0 Å². The number of primary amides is 1. The average molecular weight is 282 g/mol. The first-order valence-electron chi connectivity index (χ1n) is 6.63. The standard InChI is InChI=1S/C12H22N6O2/c1-4-5-6-18(7-9(13)19)11-15-10(14)16-12(17-11)20-8(2)3/h8H,4-7H2,1-3H3,(H2,13,19)(H2,14,15,16,17). The monoisotopic (exact) mass is 282 g/mol. The second kappa shape index (κ2) is 7.46. The van der Waals surface area contributed by atoms with Crippen LogP contribution in [0.1, 0.15) is 33.6 Å². The molecule has 0 radical (unpaired) electrons. The zero-order chi connectivity index (χ0) is 15.1. The summed E-state index contributed by atoms with van der Waals surface area (Å²) in [6.07, 6.45) is 1.79. The number of ether oxygens (including phenoxy) is 1. The molecule has 0 aliphatic carbocycles. The van der Waals surface area contributed by atoms with E-state index >= 15 is 0 Å². The number of unbranched alkanes of at least 4 members (excludes halogenated alkanes) is 1. The summed E-state index contributed by atoms with van der Waals surface area (Å²) in [6.45, 7) is 6.42. The zero-order valence-corrected chi connectivity index (χ0v) is 12.2. The van der Waals surface area contributed by atoms with Gasteiger partial charge in [0, 0.05) is 6.54 Å². The first kappa shape index (κ1) is 15.9. The lowest BCUT2D eigenvalue weighted by Crippen LogP contribution is -2.36. The fourth-order valence-corrected chi connectivity index (χ4v) is 1.55. The van der Waals surface area contributed by atoms with E-state index in [0.717, 1.165) is 12.8 Å². The zero-order valence-electron chi connectivity index (χ0n) is 12.2. The van der Waals surface area contributed by atoms with Crippen LogP contribution in [0.3, 0.4) is 0 Å². The first-order valence-corrected chi connectivity index (χ1v) is 6.63. The van der Waals surface area contributed by atoms with Gasteiger partial charge in [0.05, 0.1) is 12.6 Å². The predicted octanol–water partition coefficient (Wildman–Crippen LogP) is 0.333. The number of carbonyl (C=O) groups excluding carboxylic acids is 1. The fourth-order valence-electron chi connectivity index (χ4n) is 1.55. The molecule has 1 rings (SSSR count). The van der Waals surface area contributed by atoms with Gasteiger partial charge in [-0.15, -0.1) is 0 Å². The summed E-state index contributed by atoms with van der Waals surface area (Å²) in [5.41, 5.74) is 10.9. The number of nitrogen functional groups attached to an aromatic ring is 1. The van der Waals surface area contributed by atoms with Crippen molar-refractivity contribution in [3.63, 3.8) is 0 Å². The second-order valence-corrected chi connectivity index (χ2v) is 4.68. The Hall–Kier alpha value is -2.12. The number of anilines is 2. The van der Waals surface area contributed by atoms with Crippen LogP contribution in [0.25, 0.3) is 0 Å². The molecular formula is C12H22N6O2. The Morgan fingerprint density at radius 2 is 2.05 bits per heavy atom. The number of hydrogen-bond acceptors (Lipinski definition) is 7. The Bertz CT molecular complexity index is 452. The van der Waals surface area contributed by atoms with E-state index in [0.29, 0.717) is 12.5 Å². The Morgan fingerprint density at radius 3 is 2.60 bits per heavy atom. The van der Waals surface area contributed by atoms with E-state index in [-0.39, 0.29) is 24.6 Å². The van der Waals surface area contributed by atoms with Crippen LogP contribution in [0, 0.1) is 0 Å². The van der Waals surface area contributed by atoms with Crippen molar-refractivity contribution >= 4 is 17.8 Å². The molecule has 1 aromatic heterocycles. The Kier molecular flexibility index (Phi) is 5.95. The molecule has 20 heavy (non-hydrogen) atoms. The van der Waals surface area contributed by atoms with E-state index in [9.17, 15) is 4.79 Å². The third kappa shape index (κ3) is 5.25. The van der Waals surface area contributed by atoms with E-state index in [4.69, 9.17) is 16.2 Å². The topological polar surface area (TPSA) is 120 Å². The number of nitrogens with two attached hydrogens (primary N) is 2. The molecule has 0 spiro atoms. The lowest BCUT2D eigenvalue weighted by molar-refractivity contribution is -0.116. The lowest BCUT2D eigenvalue weighted by Gasteiger charge is -2.21.